The molecule has 0 aromatic carbocycles. The summed E-state index contributed by atoms with van der Waals surface area (Å²) in [5, 5.41) is 3.80. The maximum absolute atomic E-state index is 3.80. The number of hydrogen-bond donors (Lipinski definition) is 1. The molecule has 20 heavy (non-hydrogen) atoms. The Kier molecular flexibility index (Phi) is 5.88. The summed E-state index contributed by atoms with van der Waals surface area (Å²) in [5.74, 6) is 0. The topological polar surface area (TPSA) is 18.5 Å². The van der Waals surface area contributed by atoms with Crippen molar-refractivity contribution in [3.05, 3.63) is 0 Å². The second-order valence-electron chi connectivity index (χ2n) is 7.79. The van der Waals surface area contributed by atoms with Gasteiger partial charge in [0.2, 0.25) is 0 Å². The molecule has 0 bridgehead atoms. The summed E-state index contributed by atoms with van der Waals surface area (Å²) in [6.45, 7) is 15.4. The molecule has 1 saturated carbocycles. The van der Waals surface area contributed by atoms with Gasteiger partial charge in [-0.2, -0.15) is 0 Å². The second-order valence-corrected chi connectivity index (χ2v) is 7.79. The zero-order valence-corrected chi connectivity index (χ0v) is 14.1. The van der Waals surface area contributed by atoms with Gasteiger partial charge in [0.05, 0.1) is 0 Å². The number of nitrogens with one attached hydrogen (secondary N) is 1. The van der Waals surface area contributed by atoms with E-state index >= 15 is 0 Å². The van der Waals surface area contributed by atoms with E-state index in [-0.39, 0.29) is 0 Å². The van der Waals surface area contributed by atoms with Crippen molar-refractivity contribution in [3.8, 4) is 0 Å². The Labute approximate surface area is 126 Å². The molecular weight excluding hydrogens is 246 g/mol. The van der Waals surface area contributed by atoms with E-state index in [0.29, 0.717) is 11.6 Å². The highest BCUT2D eigenvalue weighted by Crippen LogP contribution is 2.19. The van der Waals surface area contributed by atoms with Gasteiger partial charge in [0.25, 0.3) is 0 Å². The van der Waals surface area contributed by atoms with Gasteiger partial charge >= 0.3 is 0 Å². The van der Waals surface area contributed by atoms with Crippen molar-refractivity contribution in [1.82, 2.24) is 15.1 Å². The highest BCUT2D eigenvalue weighted by Gasteiger charge is 2.27. The van der Waals surface area contributed by atoms with Crippen LogP contribution >= 0.6 is 0 Å². The fourth-order valence-corrected chi connectivity index (χ4v) is 3.61. The quantitative estimate of drug-likeness (QED) is 0.855. The first-order valence-corrected chi connectivity index (χ1v) is 8.69. The van der Waals surface area contributed by atoms with E-state index in [0.717, 1.165) is 6.04 Å². The van der Waals surface area contributed by atoms with Gasteiger partial charge in [0.15, 0.2) is 0 Å². The van der Waals surface area contributed by atoms with Gasteiger partial charge in [-0.3, -0.25) is 9.80 Å². The van der Waals surface area contributed by atoms with Crippen LogP contribution in [0, 0.1) is 0 Å². The lowest BCUT2D eigenvalue weighted by Gasteiger charge is -2.44. The molecule has 0 aromatic rings. The summed E-state index contributed by atoms with van der Waals surface area (Å²) < 4.78 is 0. The predicted molar refractivity (Wildman–Crippen MR) is 87.2 cm³/mol. The van der Waals surface area contributed by atoms with Crippen LogP contribution in [0.2, 0.25) is 0 Å². The maximum atomic E-state index is 3.80. The van der Waals surface area contributed by atoms with Gasteiger partial charge in [-0.25, -0.2) is 0 Å². The van der Waals surface area contributed by atoms with Gasteiger partial charge < -0.3 is 5.32 Å². The third-order valence-electron chi connectivity index (χ3n) is 5.19. The summed E-state index contributed by atoms with van der Waals surface area (Å²) >= 11 is 0. The zero-order chi connectivity index (χ0) is 14.6. The van der Waals surface area contributed by atoms with Crippen molar-refractivity contribution >= 4 is 0 Å². The highest BCUT2D eigenvalue weighted by atomic mass is 15.3. The van der Waals surface area contributed by atoms with Crippen LogP contribution in [0.4, 0.5) is 0 Å². The molecule has 3 nitrogen and oxygen atoms in total. The minimum Gasteiger partial charge on any atom is -0.312 e. The summed E-state index contributed by atoms with van der Waals surface area (Å²) in [7, 11) is 0. The molecule has 0 radical (unpaired) electrons. The van der Waals surface area contributed by atoms with Crippen LogP contribution in [0.3, 0.4) is 0 Å². The predicted octanol–water partition coefficient (Wildman–Crippen LogP) is 2.71. The van der Waals surface area contributed by atoms with E-state index in [1.54, 1.807) is 0 Å². The summed E-state index contributed by atoms with van der Waals surface area (Å²) in [6.07, 6.45) is 7.09. The fourth-order valence-electron chi connectivity index (χ4n) is 3.61. The first-order valence-electron chi connectivity index (χ1n) is 8.69. The molecule has 2 aliphatic rings. The molecule has 118 valence electrons. The van der Waals surface area contributed by atoms with Crippen molar-refractivity contribution < 1.29 is 0 Å². The molecule has 1 atom stereocenters. The van der Waals surface area contributed by atoms with Gasteiger partial charge in [-0.05, 0) is 40.5 Å². The van der Waals surface area contributed by atoms with Crippen LogP contribution in [-0.4, -0.2) is 60.1 Å². The zero-order valence-electron chi connectivity index (χ0n) is 14.1. The Morgan fingerprint density at radius 2 is 1.60 bits per heavy atom. The first-order chi connectivity index (χ1) is 9.47. The summed E-state index contributed by atoms with van der Waals surface area (Å²) in [5.41, 5.74) is 0.329. The van der Waals surface area contributed by atoms with E-state index < -0.39 is 0 Å². The Hall–Kier alpha value is -0.120. The van der Waals surface area contributed by atoms with E-state index in [1.165, 1.54) is 64.8 Å². The Balaban J connectivity index is 1.67. The van der Waals surface area contributed by atoms with Gasteiger partial charge in [0, 0.05) is 50.3 Å². The lowest BCUT2D eigenvalue weighted by atomic mass is 9.95. The van der Waals surface area contributed by atoms with Crippen molar-refractivity contribution in [2.24, 2.45) is 0 Å². The van der Waals surface area contributed by atoms with E-state index in [9.17, 15) is 0 Å². The molecule has 1 heterocycles. The third kappa shape index (κ3) is 4.71. The SMILES string of the molecule is CC(CNC1CCCCC1)N1CCN(C(C)(C)C)CC1. The summed E-state index contributed by atoms with van der Waals surface area (Å²) in [4.78, 5) is 5.28. The number of rotatable bonds is 4. The second kappa shape index (κ2) is 7.24. The lowest BCUT2D eigenvalue weighted by Crippen LogP contribution is -2.56. The van der Waals surface area contributed by atoms with Gasteiger partial charge in [-0.1, -0.05) is 19.3 Å². The molecule has 0 aromatic heterocycles. The molecule has 2 rings (SSSR count). The van der Waals surface area contributed by atoms with Crippen LogP contribution in [-0.2, 0) is 0 Å². The average Bonchev–Trinajstić information content (AvgIpc) is 2.45. The van der Waals surface area contributed by atoms with Gasteiger partial charge in [-0.15, -0.1) is 0 Å². The van der Waals surface area contributed by atoms with Gasteiger partial charge in [0.1, 0.15) is 0 Å². The molecule has 1 unspecified atom stereocenters. The Morgan fingerprint density at radius 3 is 2.15 bits per heavy atom. The van der Waals surface area contributed by atoms with Crippen LogP contribution in [0.1, 0.15) is 59.8 Å². The van der Waals surface area contributed by atoms with Crippen LogP contribution < -0.4 is 5.32 Å². The van der Waals surface area contributed by atoms with E-state index in [4.69, 9.17) is 0 Å². The smallest absolute Gasteiger partial charge is 0.0193 e. The molecule has 0 amide bonds. The van der Waals surface area contributed by atoms with Crippen molar-refractivity contribution in [1.29, 1.82) is 0 Å². The molecule has 0 spiro atoms. The Morgan fingerprint density at radius 1 is 1.00 bits per heavy atom. The normalized spacial score (nSPS) is 25.8. The molecule has 1 aliphatic carbocycles. The molecule has 1 aliphatic heterocycles. The minimum atomic E-state index is 0.329. The largest absolute Gasteiger partial charge is 0.312 e. The van der Waals surface area contributed by atoms with Crippen molar-refractivity contribution in [3.63, 3.8) is 0 Å². The Bertz CT molecular complexity index is 270. The standard InChI is InChI=1S/C17H35N3/c1-15(14-18-16-8-6-5-7-9-16)19-10-12-20(13-11-19)17(2,3)4/h15-16,18H,5-14H2,1-4H3. The number of nitrogens with zero attached hydrogens (tertiary/aromatic N) is 2. The van der Waals surface area contributed by atoms with Crippen LogP contribution in [0.25, 0.3) is 0 Å². The van der Waals surface area contributed by atoms with Crippen LogP contribution in [0.15, 0.2) is 0 Å². The molecule has 3 heteroatoms. The van der Waals surface area contributed by atoms with Crippen LogP contribution in [0.5, 0.6) is 0 Å². The molecule has 1 saturated heterocycles. The van der Waals surface area contributed by atoms with Crippen molar-refractivity contribution in [2.45, 2.75) is 77.4 Å². The monoisotopic (exact) mass is 281 g/mol. The fraction of sp³-hybridized carbons (Fsp3) is 1.00. The van der Waals surface area contributed by atoms with E-state index in [2.05, 4.69) is 42.8 Å². The summed E-state index contributed by atoms with van der Waals surface area (Å²) in [6, 6.07) is 1.47. The maximum Gasteiger partial charge on any atom is 0.0193 e. The minimum absolute atomic E-state index is 0.329. The average molecular weight is 281 g/mol. The molecular formula is C17H35N3. The molecule has 2 fully saturated rings. The lowest BCUT2D eigenvalue weighted by molar-refractivity contribution is 0.0448. The van der Waals surface area contributed by atoms with Crippen molar-refractivity contribution in [2.75, 3.05) is 32.7 Å². The third-order valence-corrected chi connectivity index (χ3v) is 5.19. The number of piperazine rings is 1. The van der Waals surface area contributed by atoms with E-state index in [1.807, 2.05) is 0 Å². The first kappa shape index (κ1) is 16.3. The molecule has 1 N–H and O–H groups in total. The number of hydrogen-bond acceptors (Lipinski definition) is 3. The highest BCUT2D eigenvalue weighted by molar-refractivity contribution is 4.84.